The lowest BCUT2D eigenvalue weighted by atomic mass is 10.2. The third-order valence-corrected chi connectivity index (χ3v) is 3.20. The zero-order chi connectivity index (χ0) is 10.3. The quantitative estimate of drug-likeness (QED) is 0.578. The number of thiophene rings is 1. The highest BCUT2D eigenvalue weighted by molar-refractivity contribution is 7.19. The molecule has 0 atom stereocenters. The van der Waals surface area contributed by atoms with Crippen LogP contribution in [0.25, 0.3) is 10.1 Å². The van der Waals surface area contributed by atoms with E-state index in [9.17, 15) is 10.1 Å². The van der Waals surface area contributed by atoms with Crippen molar-refractivity contribution in [1.82, 2.24) is 0 Å². The lowest BCUT2D eigenvalue weighted by molar-refractivity contribution is -0.383. The van der Waals surface area contributed by atoms with Gasteiger partial charge in [-0.3, -0.25) is 10.1 Å². The highest BCUT2D eigenvalue weighted by Gasteiger charge is 2.17. The second kappa shape index (κ2) is 2.95. The molecule has 1 heterocycles. The average molecular weight is 208 g/mol. The second-order valence-corrected chi connectivity index (χ2v) is 4.24. The van der Waals surface area contributed by atoms with Gasteiger partial charge in [0.2, 0.25) is 0 Å². The number of nitrogen functional groups attached to an aromatic ring is 1. The molecular weight excluding hydrogens is 200 g/mol. The fraction of sp³-hybridized carbons (Fsp3) is 0.111. The Balaban J connectivity index is 2.91. The number of hydrogen-bond acceptors (Lipinski definition) is 4. The molecule has 4 nitrogen and oxygen atoms in total. The SMILES string of the molecule is Cc1sc2cccc([N+](=O)[O-])c2c1N. The standard InChI is InChI=1S/C9H8N2O2S/c1-5-9(10)8-6(11(12)13)3-2-4-7(8)14-5/h2-4H,10H2,1H3. The summed E-state index contributed by atoms with van der Waals surface area (Å²) in [5, 5.41) is 11.3. The number of non-ortho nitro benzene ring substituents is 1. The maximum atomic E-state index is 10.7. The molecule has 2 rings (SSSR count). The molecule has 0 saturated carbocycles. The van der Waals surface area contributed by atoms with Crippen molar-refractivity contribution in [3.05, 3.63) is 33.2 Å². The van der Waals surface area contributed by atoms with Crippen molar-refractivity contribution in [2.45, 2.75) is 6.92 Å². The number of nitro benzene ring substituents is 1. The zero-order valence-corrected chi connectivity index (χ0v) is 8.30. The molecule has 72 valence electrons. The molecule has 1 aromatic heterocycles. The summed E-state index contributed by atoms with van der Waals surface area (Å²) in [4.78, 5) is 11.3. The van der Waals surface area contributed by atoms with Gasteiger partial charge in [0, 0.05) is 15.6 Å². The Kier molecular flexibility index (Phi) is 1.89. The Morgan fingerprint density at radius 3 is 2.86 bits per heavy atom. The van der Waals surface area contributed by atoms with Crippen molar-refractivity contribution in [3.63, 3.8) is 0 Å². The number of nitrogens with two attached hydrogens (primary N) is 1. The lowest BCUT2D eigenvalue weighted by Gasteiger charge is -1.94. The second-order valence-electron chi connectivity index (χ2n) is 2.98. The van der Waals surface area contributed by atoms with Crippen LogP contribution in [0.3, 0.4) is 0 Å². The van der Waals surface area contributed by atoms with Gasteiger partial charge in [-0.2, -0.15) is 0 Å². The van der Waals surface area contributed by atoms with Gasteiger partial charge in [0.05, 0.1) is 16.0 Å². The van der Waals surface area contributed by atoms with Gasteiger partial charge in [-0.15, -0.1) is 11.3 Å². The number of aryl methyl sites for hydroxylation is 1. The molecular formula is C9H8N2O2S. The largest absolute Gasteiger partial charge is 0.397 e. The predicted molar refractivity (Wildman–Crippen MR) is 57.6 cm³/mol. The summed E-state index contributed by atoms with van der Waals surface area (Å²) < 4.78 is 0.870. The van der Waals surface area contributed by atoms with Crippen LogP contribution in [-0.2, 0) is 0 Å². The minimum Gasteiger partial charge on any atom is -0.397 e. The lowest BCUT2D eigenvalue weighted by Crippen LogP contribution is -1.91. The van der Waals surface area contributed by atoms with E-state index < -0.39 is 4.92 Å². The monoisotopic (exact) mass is 208 g/mol. The van der Waals surface area contributed by atoms with Gasteiger partial charge < -0.3 is 5.73 Å². The van der Waals surface area contributed by atoms with E-state index in [2.05, 4.69) is 0 Å². The summed E-state index contributed by atoms with van der Waals surface area (Å²) >= 11 is 1.48. The van der Waals surface area contributed by atoms with Crippen LogP contribution in [0.4, 0.5) is 11.4 Å². The van der Waals surface area contributed by atoms with Gasteiger partial charge in [-0.1, -0.05) is 6.07 Å². The van der Waals surface area contributed by atoms with Gasteiger partial charge in [-0.05, 0) is 13.0 Å². The molecule has 0 aliphatic rings. The molecule has 1 aromatic carbocycles. The molecule has 0 bridgehead atoms. The molecule has 0 unspecified atom stereocenters. The van der Waals surface area contributed by atoms with Crippen molar-refractivity contribution >= 4 is 32.8 Å². The number of hydrogen-bond donors (Lipinski definition) is 1. The minimum atomic E-state index is -0.398. The van der Waals surface area contributed by atoms with E-state index in [1.807, 2.05) is 13.0 Å². The first kappa shape index (κ1) is 8.96. The van der Waals surface area contributed by atoms with Crippen molar-refractivity contribution in [1.29, 1.82) is 0 Å². The fourth-order valence-electron chi connectivity index (χ4n) is 1.42. The van der Waals surface area contributed by atoms with Crippen LogP contribution < -0.4 is 5.73 Å². The number of fused-ring (bicyclic) bond motifs is 1. The van der Waals surface area contributed by atoms with Crippen molar-refractivity contribution in [3.8, 4) is 0 Å². The Labute approximate surface area is 84.1 Å². The zero-order valence-electron chi connectivity index (χ0n) is 7.48. The van der Waals surface area contributed by atoms with Crippen LogP contribution in [0, 0.1) is 17.0 Å². The van der Waals surface area contributed by atoms with E-state index in [0.717, 1.165) is 9.58 Å². The van der Waals surface area contributed by atoms with E-state index in [1.54, 1.807) is 6.07 Å². The molecule has 2 N–H and O–H groups in total. The normalized spacial score (nSPS) is 10.6. The number of benzene rings is 1. The topological polar surface area (TPSA) is 69.2 Å². The Morgan fingerprint density at radius 1 is 1.50 bits per heavy atom. The van der Waals surface area contributed by atoms with Crippen LogP contribution in [0.2, 0.25) is 0 Å². The molecule has 0 saturated heterocycles. The van der Waals surface area contributed by atoms with Gasteiger partial charge in [0.15, 0.2) is 0 Å². The average Bonchev–Trinajstić information content (AvgIpc) is 2.43. The van der Waals surface area contributed by atoms with Crippen LogP contribution in [0.15, 0.2) is 18.2 Å². The van der Waals surface area contributed by atoms with Gasteiger partial charge >= 0.3 is 0 Å². The van der Waals surface area contributed by atoms with Crippen molar-refractivity contribution < 1.29 is 4.92 Å². The summed E-state index contributed by atoms with van der Waals surface area (Å²) in [6.07, 6.45) is 0. The summed E-state index contributed by atoms with van der Waals surface area (Å²) in [5.74, 6) is 0. The van der Waals surface area contributed by atoms with E-state index in [4.69, 9.17) is 5.73 Å². The predicted octanol–water partition coefficient (Wildman–Crippen LogP) is 2.70. The molecule has 2 aromatic rings. The molecule has 0 spiro atoms. The smallest absolute Gasteiger partial charge is 0.280 e. The van der Waals surface area contributed by atoms with E-state index in [0.29, 0.717) is 11.1 Å². The van der Waals surface area contributed by atoms with E-state index in [1.165, 1.54) is 17.4 Å². The molecule has 14 heavy (non-hydrogen) atoms. The van der Waals surface area contributed by atoms with E-state index >= 15 is 0 Å². The first-order valence-electron chi connectivity index (χ1n) is 4.03. The van der Waals surface area contributed by atoms with Crippen molar-refractivity contribution in [2.24, 2.45) is 0 Å². The maximum Gasteiger partial charge on any atom is 0.280 e. The Bertz CT molecular complexity index is 519. The van der Waals surface area contributed by atoms with Crippen LogP contribution >= 0.6 is 11.3 Å². The summed E-state index contributed by atoms with van der Waals surface area (Å²) in [5.41, 5.74) is 6.40. The number of rotatable bonds is 1. The first-order chi connectivity index (χ1) is 6.61. The van der Waals surface area contributed by atoms with Crippen LogP contribution in [0.1, 0.15) is 4.88 Å². The Morgan fingerprint density at radius 2 is 2.21 bits per heavy atom. The van der Waals surface area contributed by atoms with Gasteiger partial charge in [-0.25, -0.2) is 0 Å². The van der Waals surface area contributed by atoms with E-state index in [-0.39, 0.29) is 5.69 Å². The fourth-order valence-corrected chi connectivity index (χ4v) is 2.43. The first-order valence-corrected chi connectivity index (χ1v) is 4.85. The summed E-state index contributed by atoms with van der Waals surface area (Å²) in [6, 6.07) is 5.00. The highest BCUT2D eigenvalue weighted by Crippen LogP contribution is 2.38. The van der Waals surface area contributed by atoms with Crippen LogP contribution in [0.5, 0.6) is 0 Å². The number of nitrogens with zero attached hydrogens (tertiary/aromatic N) is 1. The summed E-state index contributed by atoms with van der Waals surface area (Å²) in [7, 11) is 0. The molecule has 0 radical (unpaired) electrons. The number of anilines is 1. The van der Waals surface area contributed by atoms with Gasteiger partial charge in [0.25, 0.3) is 5.69 Å². The Hall–Kier alpha value is -1.62. The molecule has 0 fully saturated rings. The third-order valence-electron chi connectivity index (χ3n) is 2.11. The highest BCUT2D eigenvalue weighted by atomic mass is 32.1. The minimum absolute atomic E-state index is 0.0874. The maximum absolute atomic E-state index is 10.7. The third kappa shape index (κ3) is 1.13. The van der Waals surface area contributed by atoms with Gasteiger partial charge in [0.1, 0.15) is 0 Å². The molecule has 0 aliphatic heterocycles. The van der Waals surface area contributed by atoms with Crippen molar-refractivity contribution in [2.75, 3.05) is 5.73 Å². The number of nitro groups is 1. The molecule has 0 amide bonds. The molecule has 5 heteroatoms. The van der Waals surface area contributed by atoms with Crippen LogP contribution in [-0.4, -0.2) is 4.92 Å². The molecule has 0 aliphatic carbocycles. The summed E-state index contributed by atoms with van der Waals surface area (Å²) in [6.45, 7) is 1.86.